The summed E-state index contributed by atoms with van der Waals surface area (Å²) in [5.41, 5.74) is 5.95. The van der Waals surface area contributed by atoms with Gasteiger partial charge in [-0.25, -0.2) is 4.52 Å². The molecule has 7 heteroatoms. The number of nitrogens with one attached hydrogen (secondary N) is 1. The number of pyridine rings is 1. The molecular weight excluding hydrogens is 448 g/mol. The third-order valence-corrected chi connectivity index (χ3v) is 6.45. The number of aromatic nitrogens is 4. The standard InChI is InChI=1S/C29H26N6O/c1-20(22-10-8-21(14-30)9-11-22)15-31-28(23-6-4-3-5-7-23)29(36)26-17-33-35-19-24(12-13-27(26)35)25-16-32-34(2)18-25/h3-13,16-20,28,31H,15H2,1-2H3/t20-,28+/m1/s1. The van der Waals surface area contributed by atoms with E-state index in [1.165, 1.54) is 0 Å². The first-order chi connectivity index (χ1) is 17.5. The second-order valence-corrected chi connectivity index (χ2v) is 8.96. The van der Waals surface area contributed by atoms with E-state index in [9.17, 15) is 4.79 Å². The van der Waals surface area contributed by atoms with Crippen LogP contribution in [-0.4, -0.2) is 31.7 Å². The number of Topliss-reactive ketones (excluding diaryl/α,β-unsaturated/α-hetero) is 1. The van der Waals surface area contributed by atoms with E-state index in [1.807, 2.05) is 86.2 Å². The van der Waals surface area contributed by atoms with Crippen molar-refractivity contribution in [2.75, 3.05) is 6.54 Å². The summed E-state index contributed by atoms with van der Waals surface area (Å²) >= 11 is 0. The van der Waals surface area contributed by atoms with Gasteiger partial charge in [0, 0.05) is 37.1 Å². The minimum Gasteiger partial charge on any atom is -0.303 e. The summed E-state index contributed by atoms with van der Waals surface area (Å²) in [6.45, 7) is 2.71. The number of ketones is 1. The Kier molecular flexibility index (Phi) is 6.44. The van der Waals surface area contributed by atoms with E-state index >= 15 is 0 Å². The molecule has 178 valence electrons. The number of nitrogens with zero attached hydrogens (tertiary/aromatic N) is 5. The van der Waals surface area contributed by atoms with Crippen LogP contribution in [0.4, 0.5) is 0 Å². The third kappa shape index (κ3) is 4.67. The summed E-state index contributed by atoms with van der Waals surface area (Å²) in [6, 6.07) is 22.9. The molecule has 36 heavy (non-hydrogen) atoms. The Bertz CT molecular complexity index is 1540. The van der Waals surface area contributed by atoms with Gasteiger partial charge in [0.15, 0.2) is 5.78 Å². The minimum absolute atomic E-state index is 0.0302. The van der Waals surface area contributed by atoms with Crippen molar-refractivity contribution in [2.45, 2.75) is 18.9 Å². The van der Waals surface area contributed by atoms with Crippen LogP contribution < -0.4 is 5.32 Å². The van der Waals surface area contributed by atoms with Crippen molar-refractivity contribution in [3.8, 4) is 17.2 Å². The normalized spacial score (nSPS) is 12.8. The minimum atomic E-state index is -0.516. The van der Waals surface area contributed by atoms with Crippen LogP contribution in [0.5, 0.6) is 0 Å². The molecule has 0 saturated carbocycles. The van der Waals surface area contributed by atoms with Crippen molar-refractivity contribution in [1.82, 2.24) is 24.7 Å². The molecule has 0 unspecified atom stereocenters. The second-order valence-electron chi connectivity index (χ2n) is 8.96. The number of fused-ring (bicyclic) bond motifs is 1. The Hall–Kier alpha value is -4.54. The van der Waals surface area contributed by atoms with E-state index in [2.05, 4.69) is 28.5 Å². The maximum atomic E-state index is 13.8. The molecule has 0 aliphatic rings. The number of carbonyl (C=O) groups excluding carboxylic acids is 1. The van der Waals surface area contributed by atoms with Gasteiger partial charge in [-0.3, -0.25) is 9.48 Å². The molecular formula is C29H26N6O. The Morgan fingerprint density at radius 2 is 1.72 bits per heavy atom. The summed E-state index contributed by atoms with van der Waals surface area (Å²) in [5.74, 6) is 0.125. The number of hydrogen-bond donors (Lipinski definition) is 1. The Morgan fingerprint density at radius 1 is 0.944 bits per heavy atom. The van der Waals surface area contributed by atoms with E-state index in [4.69, 9.17) is 5.26 Å². The maximum Gasteiger partial charge on any atom is 0.188 e. The third-order valence-electron chi connectivity index (χ3n) is 6.45. The fraction of sp³-hybridized carbons (Fsp3) is 0.172. The fourth-order valence-corrected chi connectivity index (χ4v) is 4.38. The van der Waals surface area contributed by atoms with Gasteiger partial charge < -0.3 is 5.32 Å². The van der Waals surface area contributed by atoms with E-state index < -0.39 is 6.04 Å². The van der Waals surface area contributed by atoms with E-state index in [-0.39, 0.29) is 11.7 Å². The lowest BCUT2D eigenvalue weighted by Crippen LogP contribution is -2.31. The van der Waals surface area contributed by atoms with Gasteiger partial charge in [0.25, 0.3) is 0 Å². The molecule has 1 N–H and O–H groups in total. The first-order valence-corrected chi connectivity index (χ1v) is 11.8. The van der Waals surface area contributed by atoms with Gasteiger partial charge in [0.05, 0.1) is 41.1 Å². The predicted molar refractivity (Wildman–Crippen MR) is 138 cm³/mol. The number of rotatable bonds is 8. The van der Waals surface area contributed by atoms with Crippen molar-refractivity contribution in [3.63, 3.8) is 0 Å². The Labute approximate surface area is 209 Å². The first kappa shape index (κ1) is 23.2. The van der Waals surface area contributed by atoms with Crippen LogP contribution in [0.2, 0.25) is 0 Å². The van der Waals surface area contributed by atoms with Crippen LogP contribution in [0, 0.1) is 11.3 Å². The monoisotopic (exact) mass is 474 g/mol. The molecule has 3 heterocycles. The van der Waals surface area contributed by atoms with Crippen molar-refractivity contribution in [2.24, 2.45) is 7.05 Å². The lowest BCUT2D eigenvalue weighted by Gasteiger charge is -2.21. The van der Waals surface area contributed by atoms with E-state index in [0.29, 0.717) is 17.7 Å². The van der Waals surface area contributed by atoms with Gasteiger partial charge >= 0.3 is 0 Å². The van der Waals surface area contributed by atoms with Gasteiger partial charge in [-0.15, -0.1) is 0 Å². The van der Waals surface area contributed by atoms with Crippen LogP contribution in [0.25, 0.3) is 16.6 Å². The molecule has 0 radical (unpaired) electrons. The van der Waals surface area contributed by atoms with Gasteiger partial charge in [0.1, 0.15) is 0 Å². The van der Waals surface area contributed by atoms with Crippen molar-refractivity contribution >= 4 is 11.3 Å². The zero-order chi connectivity index (χ0) is 25.1. The predicted octanol–water partition coefficient (Wildman–Crippen LogP) is 4.92. The number of nitriles is 1. The summed E-state index contributed by atoms with van der Waals surface area (Å²) in [7, 11) is 1.88. The molecule has 0 spiro atoms. The highest BCUT2D eigenvalue weighted by Gasteiger charge is 2.25. The highest BCUT2D eigenvalue weighted by atomic mass is 16.1. The van der Waals surface area contributed by atoms with Crippen molar-refractivity contribution in [3.05, 3.63) is 114 Å². The quantitative estimate of drug-likeness (QED) is 0.322. The highest BCUT2D eigenvalue weighted by molar-refractivity contribution is 6.06. The lowest BCUT2D eigenvalue weighted by molar-refractivity contribution is 0.0944. The first-order valence-electron chi connectivity index (χ1n) is 11.8. The van der Waals surface area contributed by atoms with Crippen LogP contribution in [-0.2, 0) is 7.05 Å². The van der Waals surface area contributed by atoms with Crippen LogP contribution >= 0.6 is 0 Å². The van der Waals surface area contributed by atoms with E-state index in [1.54, 1.807) is 21.6 Å². The fourth-order valence-electron chi connectivity index (χ4n) is 4.38. The summed E-state index contributed by atoms with van der Waals surface area (Å²) < 4.78 is 3.50. The van der Waals surface area contributed by atoms with Gasteiger partial charge in [0.2, 0.25) is 0 Å². The molecule has 0 fully saturated rings. The van der Waals surface area contributed by atoms with Crippen molar-refractivity contribution in [1.29, 1.82) is 5.26 Å². The number of aryl methyl sites for hydroxylation is 1. The zero-order valence-corrected chi connectivity index (χ0v) is 20.2. The Morgan fingerprint density at radius 3 is 2.42 bits per heavy atom. The highest BCUT2D eigenvalue weighted by Crippen LogP contribution is 2.25. The van der Waals surface area contributed by atoms with Crippen molar-refractivity contribution < 1.29 is 4.79 Å². The SMILES string of the molecule is C[C@H](CN[C@H](C(=O)c1cnn2cc(-c3cnn(C)c3)ccc12)c1ccccc1)c1ccc(C#N)cc1. The van der Waals surface area contributed by atoms with Gasteiger partial charge in [-0.2, -0.15) is 15.5 Å². The molecule has 0 amide bonds. The number of carbonyl (C=O) groups is 1. The molecule has 3 aromatic heterocycles. The molecule has 5 aromatic rings. The summed E-state index contributed by atoms with van der Waals surface area (Å²) in [6.07, 6.45) is 7.32. The lowest BCUT2D eigenvalue weighted by atomic mass is 9.95. The van der Waals surface area contributed by atoms with Crippen LogP contribution in [0.3, 0.4) is 0 Å². The average Bonchev–Trinajstić information content (AvgIpc) is 3.55. The molecule has 0 aliphatic heterocycles. The maximum absolute atomic E-state index is 13.8. The molecule has 7 nitrogen and oxygen atoms in total. The molecule has 0 bridgehead atoms. The molecule has 5 rings (SSSR count). The number of benzene rings is 2. The van der Waals surface area contributed by atoms with Gasteiger partial charge in [-0.1, -0.05) is 55.5 Å². The van der Waals surface area contributed by atoms with Crippen LogP contribution in [0.1, 0.15) is 45.9 Å². The van der Waals surface area contributed by atoms with Crippen LogP contribution in [0.15, 0.2) is 91.5 Å². The van der Waals surface area contributed by atoms with E-state index in [0.717, 1.165) is 27.8 Å². The van der Waals surface area contributed by atoms with Gasteiger partial charge in [-0.05, 0) is 35.2 Å². The smallest absolute Gasteiger partial charge is 0.188 e. The zero-order valence-electron chi connectivity index (χ0n) is 20.2. The molecule has 2 atom stereocenters. The Balaban J connectivity index is 1.41. The number of hydrogen-bond acceptors (Lipinski definition) is 5. The molecule has 0 saturated heterocycles. The second kappa shape index (κ2) is 9.98. The molecule has 2 aromatic carbocycles. The largest absolute Gasteiger partial charge is 0.303 e. The average molecular weight is 475 g/mol. The topological polar surface area (TPSA) is 88.0 Å². The summed E-state index contributed by atoms with van der Waals surface area (Å²) in [5, 5.41) is 21.3. The molecule has 0 aliphatic carbocycles. The summed E-state index contributed by atoms with van der Waals surface area (Å²) in [4.78, 5) is 13.8.